The van der Waals surface area contributed by atoms with E-state index in [0.717, 1.165) is 12.8 Å². The Bertz CT molecular complexity index is 1300. The molecule has 0 bridgehead atoms. The van der Waals surface area contributed by atoms with Crippen LogP contribution in [0.15, 0.2) is 57.9 Å². The zero-order chi connectivity index (χ0) is 22.6. The second kappa shape index (κ2) is 7.29. The van der Waals surface area contributed by atoms with Gasteiger partial charge in [-0.1, -0.05) is 11.2 Å². The van der Waals surface area contributed by atoms with Crippen LogP contribution in [0.5, 0.6) is 0 Å². The van der Waals surface area contributed by atoms with Crippen LogP contribution in [0.1, 0.15) is 31.6 Å². The molecule has 0 saturated heterocycles. The van der Waals surface area contributed by atoms with Gasteiger partial charge in [0.1, 0.15) is 4.87 Å². The third-order valence-corrected chi connectivity index (χ3v) is 7.48. The number of carbonyl (C=O) groups is 1. The molecule has 2 aliphatic carbocycles. The molecular formula is C21H20ClN5O4S. The molecule has 5 rings (SSSR count). The molecule has 1 heterocycles. The van der Waals surface area contributed by atoms with Gasteiger partial charge in [-0.2, -0.15) is 4.98 Å². The van der Waals surface area contributed by atoms with Crippen molar-refractivity contribution in [1.29, 1.82) is 0 Å². The number of rotatable bonds is 7. The molecule has 1 aromatic heterocycles. The number of halogens is 1. The third-order valence-electron chi connectivity index (χ3n) is 5.53. The maximum Gasteiger partial charge on any atom is 0.261 e. The molecule has 0 aliphatic heterocycles. The second-order valence-electron chi connectivity index (χ2n) is 8.21. The zero-order valence-corrected chi connectivity index (χ0v) is 18.4. The highest BCUT2D eigenvalue weighted by molar-refractivity contribution is 7.92. The summed E-state index contributed by atoms with van der Waals surface area (Å²) in [7, 11) is -3.85. The number of benzene rings is 2. The van der Waals surface area contributed by atoms with Crippen molar-refractivity contribution in [3.8, 4) is 11.4 Å². The van der Waals surface area contributed by atoms with Crippen molar-refractivity contribution in [2.45, 2.75) is 41.0 Å². The van der Waals surface area contributed by atoms with Gasteiger partial charge in [-0.15, -0.1) is 11.6 Å². The SMILES string of the molecule is NC1(c2nc(-c3ccc(S(=O)(=O)Nc4cccc(NC(=O)C5(Cl)CC5)c4)cc3)no2)CC1. The van der Waals surface area contributed by atoms with Crippen molar-refractivity contribution in [1.82, 2.24) is 10.1 Å². The molecule has 0 radical (unpaired) electrons. The Morgan fingerprint density at radius 3 is 2.41 bits per heavy atom. The molecule has 0 unspecified atom stereocenters. The van der Waals surface area contributed by atoms with Crippen LogP contribution in [0.4, 0.5) is 11.4 Å². The molecule has 32 heavy (non-hydrogen) atoms. The van der Waals surface area contributed by atoms with Gasteiger partial charge in [0.25, 0.3) is 10.0 Å². The van der Waals surface area contributed by atoms with Crippen LogP contribution in [-0.2, 0) is 20.4 Å². The van der Waals surface area contributed by atoms with E-state index in [9.17, 15) is 13.2 Å². The quantitative estimate of drug-likeness (QED) is 0.447. The van der Waals surface area contributed by atoms with E-state index in [4.69, 9.17) is 21.9 Å². The van der Waals surface area contributed by atoms with Crippen molar-refractivity contribution >= 4 is 38.9 Å². The van der Waals surface area contributed by atoms with Crippen LogP contribution >= 0.6 is 11.6 Å². The molecule has 0 atom stereocenters. The fraction of sp³-hybridized carbons (Fsp3) is 0.286. The number of nitrogens with one attached hydrogen (secondary N) is 2. The van der Waals surface area contributed by atoms with E-state index in [1.165, 1.54) is 18.2 Å². The first-order valence-corrected chi connectivity index (χ1v) is 11.9. The van der Waals surface area contributed by atoms with Crippen molar-refractivity contribution in [3.05, 3.63) is 54.4 Å². The number of carbonyl (C=O) groups excluding carboxylic acids is 1. The zero-order valence-electron chi connectivity index (χ0n) is 16.8. The van der Waals surface area contributed by atoms with Crippen molar-refractivity contribution in [2.75, 3.05) is 10.0 Å². The Balaban J connectivity index is 1.30. The highest BCUT2D eigenvalue weighted by atomic mass is 35.5. The maximum atomic E-state index is 12.8. The van der Waals surface area contributed by atoms with Gasteiger partial charge in [0.05, 0.1) is 16.1 Å². The summed E-state index contributed by atoms with van der Waals surface area (Å²) in [6.07, 6.45) is 2.85. The minimum atomic E-state index is -3.85. The fourth-order valence-electron chi connectivity index (χ4n) is 3.13. The van der Waals surface area contributed by atoms with Gasteiger partial charge in [0.2, 0.25) is 17.6 Å². The van der Waals surface area contributed by atoms with Gasteiger partial charge in [0, 0.05) is 11.3 Å². The van der Waals surface area contributed by atoms with Gasteiger partial charge in [-0.05, 0) is 68.1 Å². The summed E-state index contributed by atoms with van der Waals surface area (Å²) in [6.45, 7) is 0. The minimum Gasteiger partial charge on any atom is -0.337 e. The predicted octanol–water partition coefficient (Wildman–Crippen LogP) is 3.20. The lowest BCUT2D eigenvalue weighted by Crippen LogP contribution is -2.24. The molecule has 3 aromatic rings. The average Bonchev–Trinajstić information content (AvgIpc) is 3.64. The highest BCUT2D eigenvalue weighted by Gasteiger charge is 2.48. The first kappa shape index (κ1) is 20.9. The third kappa shape index (κ3) is 4.08. The summed E-state index contributed by atoms with van der Waals surface area (Å²) < 4.78 is 33.4. The number of nitrogens with zero attached hydrogens (tertiary/aromatic N) is 2. The topological polar surface area (TPSA) is 140 Å². The van der Waals surface area contributed by atoms with Crippen LogP contribution in [0.3, 0.4) is 0 Å². The number of anilines is 2. The Labute approximate surface area is 189 Å². The number of nitrogens with two attached hydrogens (primary N) is 1. The van der Waals surface area contributed by atoms with Crippen molar-refractivity contribution in [3.63, 3.8) is 0 Å². The summed E-state index contributed by atoms with van der Waals surface area (Å²) in [5.41, 5.74) is 6.91. The summed E-state index contributed by atoms with van der Waals surface area (Å²) in [6, 6.07) is 12.6. The van der Waals surface area contributed by atoms with Crippen LogP contribution < -0.4 is 15.8 Å². The molecule has 2 aromatic carbocycles. The Kier molecular flexibility index (Phi) is 4.77. The normalized spacial score (nSPS) is 18.1. The van der Waals surface area contributed by atoms with Crippen LogP contribution in [0, 0.1) is 0 Å². The first-order chi connectivity index (χ1) is 15.2. The van der Waals surface area contributed by atoms with E-state index in [0.29, 0.717) is 41.5 Å². The smallest absolute Gasteiger partial charge is 0.261 e. The second-order valence-corrected chi connectivity index (χ2v) is 10.6. The molecule has 0 spiro atoms. The number of aromatic nitrogens is 2. The molecule has 166 valence electrons. The lowest BCUT2D eigenvalue weighted by atomic mass is 10.2. The number of alkyl halides is 1. The van der Waals surface area contributed by atoms with Crippen LogP contribution in [0.2, 0.25) is 0 Å². The summed E-state index contributed by atoms with van der Waals surface area (Å²) in [5, 5.41) is 6.65. The van der Waals surface area contributed by atoms with E-state index < -0.39 is 20.4 Å². The van der Waals surface area contributed by atoms with Gasteiger partial charge >= 0.3 is 0 Å². The molecule has 1 amide bonds. The van der Waals surface area contributed by atoms with E-state index in [2.05, 4.69) is 20.2 Å². The lowest BCUT2D eigenvalue weighted by molar-refractivity contribution is -0.116. The number of hydrogen-bond acceptors (Lipinski definition) is 7. The Morgan fingerprint density at radius 2 is 1.75 bits per heavy atom. The van der Waals surface area contributed by atoms with Gasteiger partial charge < -0.3 is 15.6 Å². The van der Waals surface area contributed by atoms with Gasteiger partial charge in [0.15, 0.2) is 0 Å². The van der Waals surface area contributed by atoms with Crippen molar-refractivity contribution < 1.29 is 17.7 Å². The predicted molar refractivity (Wildman–Crippen MR) is 119 cm³/mol. The number of sulfonamides is 1. The minimum absolute atomic E-state index is 0.0644. The Hall–Kier alpha value is -2.95. The molecule has 9 nitrogen and oxygen atoms in total. The molecule has 11 heteroatoms. The molecule has 4 N–H and O–H groups in total. The van der Waals surface area contributed by atoms with Crippen LogP contribution in [-0.4, -0.2) is 29.3 Å². The summed E-state index contributed by atoms with van der Waals surface area (Å²) in [5.74, 6) is 0.450. The number of amides is 1. The molecule has 2 aliphatic rings. The largest absolute Gasteiger partial charge is 0.337 e. The van der Waals surface area contributed by atoms with E-state index in [1.54, 1.807) is 30.3 Å². The van der Waals surface area contributed by atoms with Crippen LogP contribution in [0.25, 0.3) is 11.4 Å². The monoisotopic (exact) mass is 473 g/mol. The van der Waals surface area contributed by atoms with E-state index >= 15 is 0 Å². The van der Waals surface area contributed by atoms with E-state index in [-0.39, 0.29) is 10.8 Å². The average molecular weight is 474 g/mol. The van der Waals surface area contributed by atoms with E-state index in [1.807, 2.05) is 0 Å². The standard InChI is InChI=1S/C21H20ClN5O4S/c22-20(8-9-20)18(28)24-14-2-1-3-15(12-14)27-32(29,30)16-6-4-13(5-7-16)17-25-19(31-26-17)21(23)10-11-21/h1-7,12,27H,8-11,23H2,(H,24,28). The maximum absolute atomic E-state index is 12.8. The van der Waals surface area contributed by atoms with Gasteiger partial charge in [-0.3, -0.25) is 9.52 Å². The fourth-order valence-corrected chi connectivity index (χ4v) is 4.32. The molecule has 2 fully saturated rings. The van der Waals surface area contributed by atoms with Crippen molar-refractivity contribution in [2.24, 2.45) is 5.73 Å². The first-order valence-electron chi connectivity index (χ1n) is 10.0. The highest BCUT2D eigenvalue weighted by Crippen LogP contribution is 2.43. The lowest BCUT2D eigenvalue weighted by Gasteiger charge is -2.12. The molecule has 2 saturated carbocycles. The Morgan fingerprint density at radius 1 is 1.06 bits per heavy atom. The summed E-state index contributed by atoms with van der Waals surface area (Å²) >= 11 is 6.11. The van der Waals surface area contributed by atoms with Gasteiger partial charge in [-0.25, -0.2) is 8.42 Å². The number of hydrogen-bond donors (Lipinski definition) is 3. The molecular weight excluding hydrogens is 454 g/mol. The summed E-state index contributed by atoms with van der Waals surface area (Å²) in [4.78, 5) is 15.7.